The van der Waals surface area contributed by atoms with E-state index in [4.69, 9.17) is 0 Å². The quantitative estimate of drug-likeness (QED) is 0.667. The van der Waals surface area contributed by atoms with Crippen LogP contribution in [0.15, 0.2) is 24.3 Å². The molecule has 0 bridgehead atoms. The summed E-state index contributed by atoms with van der Waals surface area (Å²) in [5.41, 5.74) is -2.06. The number of ether oxygens (including phenoxy) is 1. The maximum atomic E-state index is 14.6. The van der Waals surface area contributed by atoms with Gasteiger partial charge in [-0.05, 0) is 31.2 Å². The van der Waals surface area contributed by atoms with Crippen LogP contribution >= 0.6 is 0 Å². The normalized spacial score (nSPS) is 18.0. The molecule has 7 nitrogen and oxygen atoms in total. The Labute approximate surface area is 132 Å². The lowest BCUT2D eigenvalue weighted by molar-refractivity contribution is -0.146. The molecule has 2 atom stereocenters. The Morgan fingerprint density at radius 2 is 1.83 bits per heavy atom. The van der Waals surface area contributed by atoms with Crippen molar-refractivity contribution in [3.63, 3.8) is 0 Å². The lowest BCUT2D eigenvalue weighted by atomic mass is 9.92. The zero-order chi connectivity index (χ0) is 17.6. The molecule has 0 radical (unpaired) electrons. The van der Waals surface area contributed by atoms with Crippen LogP contribution < -0.4 is 10.6 Å². The van der Waals surface area contributed by atoms with Crippen molar-refractivity contribution in [1.29, 1.82) is 0 Å². The first-order valence-electron chi connectivity index (χ1n) is 6.93. The lowest BCUT2D eigenvalue weighted by Crippen LogP contribution is -2.52. The first-order valence-corrected chi connectivity index (χ1v) is 6.93. The number of esters is 1. The van der Waals surface area contributed by atoms with Gasteiger partial charge in [0.1, 0.15) is 12.1 Å². The van der Waals surface area contributed by atoms with Crippen LogP contribution in [0.5, 0.6) is 0 Å². The minimum atomic E-state index is -2.06. The molecule has 126 valence electrons. The number of methoxy groups -OCH3 is 1. The van der Waals surface area contributed by atoms with Gasteiger partial charge in [0.05, 0.1) is 7.11 Å². The highest BCUT2D eigenvalue weighted by molar-refractivity contribution is 6.00. The van der Waals surface area contributed by atoms with Crippen LogP contribution in [0.2, 0.25) is 0 Å². The Kier molecular flexibility index (Phi) is 6.18. The van der Waals surface area contributed by atoms with Gasteiger partial charge in [-0.25, -0.2) is 9.18 Å². The molecule has 0 aromatic heterocycles. The summed E-state index contributed by atoms with van der Waals surface area (Å²) in [6.45, 7) is 2.67. The highest BCUT2D eigenvalue weighted by Gasteiger charge is 2.35. The number of carbonyl (C=O) groups is 4. The van der Waals surface area contributed by atoms with Gasteiger partial charge in [-0.2, -0.15) is 0 Å². The third-order valence-corrected chi connectivity index (χ3v) is 3.18. The second kappa shape index (κ2) is 7.66. The van der Waals surface area contributed by atoms with Gasteiger partial charge in [0.25, 0.3) is 0 Å². The van der Waals surface area contributed by atoms with Crippen molar-refractivity contribution in [1.82, 2.24) is 10.6 Å². The standard InChI is InChI=1S/C15H19FN2O5/c1-9(17-10(2)19)13(21)18-12(14(22)23-3)8-15(16)6-4-11(20)5-7-15/h4-7,9,12H,8H2,1-3H3,(H,17,19)(H,18,21)/t9-,12-/m0/s1. The third-order valence-electron chi connectivity index (χ3n) is 3.18. The molecule has 2 N–H and O–H groups in total. The van der Waals surface area contributed by atoms with Gasteiger partial charge in [-0.3, -0.25) is 14.4 Å². The Morgan fingerprint density at radius 1 is 1.26 bits per heavy atom. The molecule has 8 heteroatoms. The number of halogens is 1. The first kappa shape index (κ1) is 18.5. The second-order valence-electron chi connectivity index (χ2n) is 5.21. The maximum Gasteiger partial charge on any atom is 0.328 e. The minimum absolute atomic E-state index is 0.365. The number of nitrogens with one attached hydrogen (secondary N) is 2. The summed E-state index contributed by atoms with van der Waals surface area (Å²) in [5, 5.41) is 4.69. The molecule has 0 saturated heterocycles. The third kappa shape index (κ3) is 5.65. The summed E-state index contributed by atoms with van der Waals surface area (Å²) in [4.78, 5) is 45.7. The summed E-state index contributed by atoms with van der Waals surface area (Å²) in [7, 11) is 1.11. The largest absolute Gasteiger partial charge is 0.467 e. The zero-order valence-electron chi connectivity index (χ0n) is 13.1. The summed E-state index contributed by atoms with van der Waals surface area (Å²) < 4.78 is 19.2. The number of hydrogen-bond donors (Lipinski definition) is 2. The molecule has 0 spiro atoms. The van der Waals surface area contributed by atoms with Gasteiger partial charge in [0, 0.05) is 13.3 Å². The summed E-state index contributed by atoms with van der Waals surface area (Å²) in [6.07, 6.45) is 3.72. The van der Waals surface area contributed by atoms with Crippen LogP contribution in [0, 0.1) is 0 Å². The van der Waals surface area contributed by atoms with Crippen molar-refractivity contribution in [2.45, 2.75) is 38.0 Å². The number of amides is 2. The van der Waals surface area contributed by atoms with Gasteiger partial charge in [-0.15, -0.1) is 0 Å². The number of allylic oxidation sites excluding steroid dienone is 4. The Balaban J connectivity index is 2.81. The molecule has 0 aromatic carbocycles. The van der Waals surface area contributed by atoms with Crippen LogP contribution in [-0.4, -0.2) is 48.4 Å². The van der Waals surface area contributed by atoms with E-state index in [-0.39, 0.29) is 5.78 Å². The van der Waals surface area contributed by atoms with Gasteiger partial charge >= 0.3 is 5.97 Å². The number of ketones is 1. The highest BCUT2D eigenvalue weighted by atomic mass is 19.1. The topological polar surface area (TPSA) is 102 Å². The number of alkyl halides is 1. The van der Waals surface area contributed by atoms with Gasteiger partial charge in [0.2, 0.25) is 11.8 Å². The average Bonchev–Trinajstić information content (AvgIpc) is 2.48. The van der Waals surface area contributed by atoms with E-state index >= 15 is 0 Å². The minimum Gasteiger partial charge on any atom is -0.467 e. The number of carbonyl (C=O) groups excluding carboxylic acids is 4. The fraction of sp³-hybridized carbons (Fsp3) is 0.467. The van der Waals surface area contributed by atoms with Crippen LogP contribution in [0.25, 0.3) is 0 Å². The SMILES string of the molecule is COC(=O)[C@H](CC1(F)C=CC(=O)C=C1)NC(=O)[C@H](C)NC(C)=O. The van der Waals surface area contributed by atoms with Gasteiger partial charge < -0.3 is 15.4 Å². The van der Waals surface area contributed by atoms with Crippen molar-refractivity contribution >= 4 is 23.6 Å². The van der Waals surface area contributed by atoms with Crippen LogP contribution in [0.4, 0.5) is 4.39 Å². The Bertz CT molecular complexity index is 554. The van der Waals surface area contributed by atoms with Crippen molar-refractivity contribution in [2.75, 3.05) is 7.11 Å². The molecular weight excluding hydrogens is 307 g/mol. The lowest BCUT2D eigenvalue weighted by Gasteiger charge is -2.26. The van der Waals surface area contributed by atoms with E-state index in [2.05, 4.69) is 15.4 Å². The molecule has 0 aromatic rings. The van der Waals surface area contributed by atoms with Gasteiger partial charge in [-0.1, -0.05) is 0 Å². The van der Waals surface area contributed by atoms with E-state index in [9.17, 15) is 23.6 Å². The fourth-order valence-electron chi connectivity index (χ4n) is 2.00. The van der Waals surface area contributed by atoms with E-state index < -0.39 is 42.0 Å². The molecule has 0 fully saturated rings. The Hall–Kier alpha value is -2.51. The summed E-state index contributed by atoms with van der Waals surface area (Å²) in [6, 6.07) is -2.16. The number of rotatable bonds is 6. The second-order valence-corrected chi connectivity index (χ2v) is 5.21. The smallest absolute Gasteiger partial charge is 0.328 e. The van der Waals surface area contributed by atoms with Gasteiger partial charge in [0.15, 0.2) is 11.5 Å². The van der Waals surface area contributed by atoms with E-state index in [0.29, 0.717) is 0 Å². The summed E-state index contributed by atoms with van der Waals surface area (Å²) >= 11 is 0. The molecule has 1 rings (SSSR count). The molecule has 0 aliphatic heterocycles. The first-order chi connectivity index (χ1) is 10.7. The molecule has 1 aliphatic carbocycles. The zero-order valence-corrected chi connectivity index (χ0v) is 13.1. The Morgan fingerprint density at radius 3 is 2.30 bits per heavy atom. The average molecular weight is 326 g/mol. The van der Waals surface area contributed by atoms with E-state index in [1.54, 1.807) is 0 Å². The van der Waals surface area contributed by atoms with Crippen LogP contribution in [-0.2, 0) is 23.9 Å². The highest BCUT2D eigenvalue weighted by Crippen LogP contribution is 2.25. The van der Waals surface area contributed by atoms with Crippen molar-refractivity contribution in [2.24, 2.45) is 0 Å². The predicted octanol–water partition coefficient (Wildman–Crippen LogP) is -0.0377. The number of hydrogen-bond acceptors (Lipinski definition) is 5. The molecule has 23 heavy (non-hydrogen) atoms. The van der Waals surface area contributed by atoms with Crippen molar-refractivity contribution in [3.8, 4) is 0 Å². The summed E-state index contributed by atoms with van der Waals surface area (Å²) in [5.74, 6) is -2.26. The van der Waals surface area contributed by atoms with E-state index in [0.717, 1.165) is 31.4 Å². The van der Waals surface area contributed by atoms with Crippen LogP contribution in [0.1, 0.15) is 20.3 Å². The van der Waals surface area contributed by atoms with Crippen molar-refractivity contribution in [3.05, 3.63) is 24.3 Å². The molecule has 2 amide bonds. The van der Waals surface area contributed by atoms with E-state index in [1.165, 1.54) is 13.8 Å². The predicted molar refractivity (Wildman–Crippen MR) is 79.0 cm³/mol. The van der Waals surface area contributed by atoms with Crippen molar-refractivity contribution < 1.29 is 28.3 Å². The van der Waals surface area contributed by atoms with Crippen LogP contribution in [0.3, 0.4) is 0 Å². The molecule has 0 unspecified atom stereocenters. The monoisotopic (exact) mass is 326 g/mol. The van der Waals surface area contributed by atoms with E-state index in [1.807, 2.05) is 0 Å². The molecular formula is C15H19FN2O5. The maximum absolute atomic E-state index is 14.6. The molecule has 1 aliphatic rings. The fourth-order valence-corrected chi connectivity index (χ4v) is 2.00. The molecule has 0 heterocycles. The molecule has 0 saturated carbocycles.